The summed E-state index contributed by atoms with van der Waals surface area (Å²) < 4.78 is 0. The first-order valence-electron chi connectivity index (χ1n) is 22.5. The molecular formula is C54H78IrNO2-. The number of rotatable bonds is 13. The predicted molar refractivity (Wildman–Crippen MR) is 247 cm³/mol. The van der Waals surface area contributed by atoms with Crippen LogP contribution in [0.2, 0.25) is 0 Å². The van der Waals surface area contributed by atoms with Gasteiger partial charge in [0, 0.05) is 48.1 Å². The summed E-state index contributed by atoms with van der Waals surface area (Å²) in [5.41, 5.74) is 8.81. The Kier molecular flexibility index (Phi) is 17.2. The number of pyridine rings is 1. The first kappa shape index (κ1) is 49.6. The summed E-state index contributed by atoms with van der Waals surface area (Å²) in [6.07, 6.45) is 12.7. The number of hydrogen-bond donors (Lipinski definition) is 1. The molecule has 4 heteroatoms. The molecule has 0 saturated heterocycles. The molecule has 0 unspecified atom stereocenters. The molecule has 1 aliphatic carbocycles. The average molecular weight is 965 g/mol. The number of aliphatic hydroxyl groups excluding tert-OH is 1. The van der Waals surface area contributed by atoms with Gasteiger partial charge in [-0.2, -0.15) is 0 Å². The van der Waals surface area contributed by atoms with Crippen LogP contribution >= 0.6 is 0 Å². The number of benzene rings is 3. The molecule has 321 valence electrons. The van der Waals surface area contributed by atoms with Gasteiger partial charge in [-0.3, -0.25) is 9.78 Å². The third-order valence-electron chi connectivity index (χ3n) is 13.9. The number of carbonyl (C=O) groups is 1. The third kappa shape index (κ3) is 11.5. The molecule has 1 saturated carbocycles. The van der Waals surface area contributed by atoms with E-state index in [9.17, 15) is 9.90 Å². The Hall–Kier alpha value is -2.81. The number of fused-ring (bicyclic) bond motifs is 2. The second-order valence-corrected chi connectivity index (χ2v) is 20.4. The van der Waals surface area contributed by atoms with Crippen molar-refractivity contribution in [2.75, 3.05) is 0 Å². The Morgan fingerprint density at radius 3 is 1.91 bits per heavy atom. The third-order valence-corrected chi connectivity index (χ3v) is 13.9. The van der Waals surface area contributed by atoms with Crippen LogP contribution in [0.15, 0.2) is 60.4 Å². The molecule has 3 aromatic carbocycles. The Morgan fingerprint density at radius 2 is 1.40 bits per heavy atom. The van der Waals surface area contributed by atoms with Crippen LogP contribution in [0.1, 0.15) is 182 Å². The summed E-state index contributed by atoms with van der Waals surface area (Å²) in [6, 6.07) is 21.9. The van der Waals surface area contributed by atoms with Crippen LogP contribution in [0.3, 0.4) is 0 Å². The van der Waals surface area contributed by atoms with Crippen molar-refractivity contribution in [2.24, 2.45) is 28.1 Å². The normalized spacial score (nSPS) is 15.4. The van der Waals surface area contributed by atoms with E-state index in [0.29, 0.717) is 11.3 Å². The maximum absolute atomic E-state index is 12.2. The molecule has 1 aliphatic rings. The van der Waals surface area contributed by atoms with Crippen LogP contribution in [0, 0.1) is 48.0 Å². The summed E-state index contributed by atoms with van der Waals surface area (Å²) in [7, 11) is 0. The van der Waals surface area contributed by atoms with Crippen molar-refractivity contribution in [1.29, 1.82) is 0 Å². The van der Waals surface area contributed by atoms with Gasteiger partial charge in [0.2, 0.25) is 0 Å². The molecule has 5 rings (SSSR count). The number of carbonyl (C=O) groups excluding carboxylic acids is 1. The quantitative estimate of drug-likeness (QED) is 0.0825. The van der Waals surface area contributed by atoms with Crippen molar-refractivity contribution >= 4 is 27.5 Å². The molecule has 3 nitrogen and oxygen atoms in total. The minimum absolute atomic E-state index is 0. The van der Waals surface area contributed by atoms with Crippen LogP contribution in [0.25, 0.3) is 32.9 Å². The summed E-state index contributed by atoms with van der Waals surface area (Å²) >= 11 is 0. The first-order chi connectivity index (χ1) is 26.6. The van der Waals surface area contributed by atoms with Gasteiger partial charge in [0.15, 0.2) is 5.78 Å². The fourth-order valence-corrected chi connectivity index (χ4v) is 9.69. The number of ketones is 1. The van der Waals surface area contributed by atoms with Gasteiger partial charge in [-0.05, 0) is 129 Å². The van der Waals surface area contributed by atoms with Crippen LogP contribution < -0.4 is 0 Å². The Bertz CT molecular complexity index is 2000. The molecule has 1 aromatic heterocycles. The summed E-state index contributed by atoms with van der Waals surface area (Å²) in [5, 5.41) is 14.0. The molecule has 1 heterocycles. The van der Waals surface area contributed by atoms with Gasteiger partial charge in [-0.15, -0.1) is 29.1 Å². The standard InChI is InChI=1S/C39H50N.C15H28O2.Ir/c1-25(2)23-39(24-26(3)4)16-14-29(15-17-39)33-22-35(40-36-19-27(5)18-28(6)37(33)36)31-20-30-12-10-11-13-32(30)34(21-31)38(7,8)9;1-7-14(5,8-2)12(16)11-13(17)15(6,9-3)10-4;/h10-13,18-19,21-22,25-26,29H,14-17,23-24H2,1-9H3;11,16H,7-10H2,1-6H3;/q-1;;/b;12-11-;. The molecule has 58 heavy (non-hydrogen) atoms. The van der Waals surface area contributed by atoms with E-state index < -0.39 is 0 Å². The van der Waals surface area contributed by atoms with Crippen LogP contribution in [-0.2, 0) is 30.3 Å². The van der Waals surface area contributed by atoms with E-state index in [0.717, 1.165) is 54.3 Å². The van der Waals surface area contributed by atoms with E-state index >= 15 is 0 Å². The van der Waals surface area contributed by atoms with Gasteiger partial charge < -0.3 is 5.11 Å². The minimum Gasteiger partial charge on any atom is -0.512 e. The number of aryl methyl sites for hydroxylation is 2. The largest absolute Gasteiger partial charge is 0.512 e. The van der Waals surface area contributed by atoms with Gasteiger partial charge in [0.25, 0.3) is 0 Å². The van der Waals surface area contributed by atoms with Gasteiger partial charge in [-0.25, -0.2) is 0 Å². The molecule has 1 fully saturated rings. The monoisotopic (exact) mass is 966 g/mol. The maximum Gasteiger partial charge on any atom is 0.164 e. The molecule has 0 amide bonds. The molecule has 1 radical (unpaired) electrons. The van der Waals surface area contributed by atoms with Crippen molar-refractivity contribution in [3.63, 3.8) is 0 Å². The smallest absolute Gasteiger partial charge is 0.164 e. The number of allylic oxidation sites excluding steroid dienone is 2. The zero-order valence-corrected chi connectivity index (χ0v) is 41.5. The summed E-state index contributed by atoms with van der Waals surface area (Å²) in [5.74, 6) is 2.39. The van der Waals surface area contributed by atoms with Crippen molar-refractivity contribution in [1.82, 2.24) is 4.98 Å². The topological polar surface area (TPSA) is 50.2 Å². The molecule has 4 aromatic rings. The number of aliphatic hydroxyl groups is 1. The molecular weight excluding hydrogens is 887 g/mol. The van der Waals surface area contributed by atoms with Gasteiger partial charge in [0.05, 0.1) is 5.52 Å². The zero-order chi connectivity index (χ0) is 42.5. The van der Waals surface area contributed by atoms with Crippen molar-refractivity contribution in [3.8, 4) is 11.3 Å². The van der Waals surface area contributed by atoms with Gasteiger partial charge >= 0.3 is 0 Å². The van der Waals surface area contributed by atoms with Crippen LogP contribution in [-0.4, -0.2) is 15.9 Å². The van der Waals surface area contributed by atoms with Crippen LogP contribution in [0.5, 0.6) is 0 Å². The van der Waals surface area contributed by atoms with Crippen LogP contribution in [0.4, 0.5) is 0 Å². The van der Waals surface area contributed by atoms with E-state index in [2.05, 4.69) is 117 Å². The fourth-order valence-electron chi connectivity index (χ4n) is 9.69. The summed E-state index contributed by atoms with van der Waals surface area (Å²) in [4.78, 5) is 17.5. The van der Waals surface area contributed by atoms with Gasteiger partial charge in [-0.1, -0.05) is 131 Å². The summed E-state index contributed by atoms with van der Waals surface area (Å²) in [6.45, 7) is 33.1. The van der Waals surface area contributed by atoms with Crippen molar-refractivity contribution in [2.45, 2.75) is 179 Å². The van der Waals surface area contributed by atoms with Crippen molar-refractivity contribution in [3.05, 3.63) is 88.7 Å². The minimum atomic E-state index is -0.337. The van der Waals surface area contributed by atoms with Gasteiger partial charge in [0.1, 0.15) is 5.76 Å². The predicted octanol–water partition coefficient (Wildman–Crippen LogP) is 16.2. The Balaban J connectivity index is 0.000000425. The maximum atomic E-state index is 12.2. The molecule has 0 aliphatic heterocycles. The number of hydrogen-bond acceptors (Lipinski definition) is 3. The number of aromatic nitrogens is 1. The Labute approximate surface area is 368 Å². The average Bonchev–Trinajstić information content (AvgIpc) is 3.15. The van der Waals surface area contributed by atoms with Crippen molar-refractivity contribution < 1.29 is 30.0 Å². The molecule has 1 N–H and O–H groups in total. The van der Waals surface area contributed by atoms with E-state index in [1.54, 1.807) is 0 Å². The number of nitrogens with zero attached hydrogens (tertiary/aromatic N) is 1. The van der Waals surface area contributed by atoms with E-state index in [1.807, 2.05) is 41.5 Å². The zero-order valence-electron chi connectivity index (χ0n) is 39.1. The fraction of sp³-hybridized carbons (Fsp3) is 0.593. The molecule has 0 atom stereocenters. The second-order valence-electron chi connectivity index (χ2n) is 20.4. The Morgan fingerprint density at radius 1 is 0.845 bits per heavy atom. The van der Waals surface area contributed by atoms with E-state index in [1.165, 1.54) is 83.0 Å². The molecule has 0 spiro atoms. The SMILES string of the molecule is CCC(C)(CC)C(=O)/C=C(\O)C(C)(CC)CC.Cc1cc(C)c2c(C3CCC(CC(C)C)(CC(C)C)CC3)cc(-c3[c-]c4ccccc4c(C(C)(C)C)c3)nc2c1.[Ir]. The second kappa shape index (κ2) is 20.2. The van der Waals surface area contributed by atoms with E-state index in [-0.39, 0.29) is 47.9 Å². The van der Waals surface area contributed by atoms with E-state index in [4.69, 9.17) is 4.98 Å². The first-order valence-corrected chi connectivity index (χ1v) is 22.5. The molecule has 0 bridgehead atoms.